The Morgan fingerprint density at radius 2 is 1.95 bits per heavy atom. The van der Waals surface area contributed by atoms with Crippen molar-refractivity contribution in [1.82, 2.24) is 15.0 Å². The van der Waals surface area contributed by atoms with Gasteiger partial charge in [-0.05, 0) is 24.6 Å². The summed E-state index contributed by atoms with van der Waals surface area (Å²) in [6.07, 6.45) is 0. The first-order valence-electron chi connectivity index (χ1n) is 5.90. The molecule has 2 N–H and O–H groups in total. The molecule has 20 heavy (non-hydrogen) atoms. The molecule has 0 fully saturated rings. The molecule has 0 radical (unpaired) electrons. The predicted molar refractivity (Wildman–Crippen MR) is 70.2 cm³/mol. The lowest BCUT2D eigenvalue weighted by molar-refractivity contribution is 0.0600. The van der Waals surface area contributed by atoms with Crippen molar-refractivity contribution in [2.45, 2.75) is 13.5 Å². The van der Waals surface area contributed by atoms with Crippen molar-refractivity contribution < 1.29 is 14.3 Å². The van der Waals surface area contributed by atoms with Crippen LogP contribution >= 0.6 is 0 Å². The highest BCUT2D eigenvalue weighted by Crippen LogP contribution is 2.10. The first kappa shape index (κ1) is 13.7. The lowest BCUT2D eigenvalue weighted by atomic mass is 10.1. The zero-order valence-corrected chi connectivity index (χ0v) is 11.2. The number of rotatable bonds is 4. The van der Waals surface area contributed by atoms with Gasteiger partial charge in [0.05, 0.1) is 24.9 Å². The molecule has 1 amide bonds. The third kappa shape index (κ3) is 2.66. The van der Waals surface area contributed by atoms with Crippen molar-refractivity contribution in [3.05, 3.63) is 46.8 Å². The molecule has 7 heteroatoms. The minimum absolute atomic E-state index is 0.163. The molecule has 0 saturated carbocycles. The number of nitrogens with zero attached hydrogens (tertiary/aromatic N) is 3. The predicted octanol–water partition coefficient (Wildman–Crippen LogP) is 0.520. The van der Waals surface area contributed by atoms with Gasteiger partial charge in [0, 0.05) is 0 Å². The molecule has 0 spiro atoms. The maximum Gasteiger partial charge on any atom is 0.337 e. The van der Waals surface area contributed by atoms with Crippen LogP contribution in [0.4, 0.5) is 0 Å². The second-order valence-corrected chi connectivity index (χ2v) is 4.23. The molecular weight excluding hydrogens is 260 g/mol. The van der Waals surface area contributed by atoms with Gasteiger partial charge in [0.2, 0.25) is 0 Å². The van der Waals surface area contributed by atoms with Gasteiger partial charge >= 0.3 is 5.97 Å². The lowest BCUT2D eigenvalue weighted by Gasteiger charge is -2.05. The quantitative estimate of drug-likeness (QED) is 0.819. The second kappa shape index (κ2) is 5.52. The summed E-state index contributed by atoms with van der Waals surface area (Å²) in [6, 6.07) is 6.92. The number of aromatic nitrogens is 3. The third-order valence-corrected chi connectivity index (χ3v) is 2.92. The Balaban J connectivity index is 2.18. The summed E-state index contributed by atoms with van der Waals surface area (Å²) >= 11 is 0. The summed E-state index contributed by atoms with van der Waals surface area (Å²) in [4.78, 5) is 22.4. The van der Waals surface area contributed by atoms with E-state index in [0.717, 1.165) is 5.56 Å². The smallest absolute Gasteiger partial charge is 0.337 e. The van der Waals surface area contributed by atoms with E-state index in [9.17, 15) is 9.59 Å². The van der Waals surface area contributed by atoms with Crippen LogP contribution in [0.15, 0.2) is 24.3 Å². The average molecular weight is 274 g/mol. The van der Waals surface area contributed by atoms with Crippen LogP contribution in [0, 0.1) is 6.92 Å². The number of amides is 1. The fourth-order valence-corrected chi connectivity index (χ4v) is 1.78. The largest absolute Gasteiger partial charge is 0.465 e. The molecule has 7 nitrogen and oxygen atoms in total. The number of nitrogens with two attached hydrogens (primary N) is 1. The number of esters is 1. The van der Waals surface area contributed by atoms with Crippen LogP contribution in [0.3, 0.4) is 0 Å². The second-order valence-electron chi connectivity index (χ2n) is 4.23. The SMILES string of the molecule is COC(=O)c1ccc(Cn2nnc(C(N)=O)c2C)cc1. The summed E-state index contributed by atoms with van der Waals surface area (Å²) in [5.74, 6) is -0.987. The van der Waals surface area contributed by atoms with E-state index in [1.165, 1.54) is 7.11 Å². The maximum atomic E-state index is 11.3. The highest BCUT2D eigenvalue weighted by atomic mass is 16.5. The minimum Gasteiger partial charge on any atom is -0.465 e. The molecule has 0 saturated heterocycles. The van der Waals surface area contributed by atoms with E-state index in [4.69, 9.17) is 5.73 Å². The number of benzene rings is 1. The number of carbonyl (C=O) groups excluding carboxylic acids is 2. The van der Waals surface area contributed by atoms with Crippen LogP contribution in [-0.2, 0) is 11.3 Å². The van der Waals surface area contributed by atoms with Crippen molar-refractivity contribution in [1.29, 1.82) is 0 Å². The summed E-state index contributed by atoms with van der Waals surface area (Å²) < 4.78 is 6.20. The standard InChI is InChI=1S/C13H14N4O3/c1-8-11(12(14)18)15-16-17(8)7-9-3-5-10(6-4-9)13(19)20-2/h3-6H,7H2,1-2H3,(H2,14,18). The van der Waals surface area contributed by atoms with Crippen molar-refractivity contribution in [3.8, 4) is 0 Å². The van der Waals surface area contributed by atoms with Gasteiger partial charge in [0.25, 0.3) is 5.91 Å². The van der Waals surface area contributed by atoms with Gasteiger partial charge < -0.3 is 10.5 Å². The van der Waals surface area contributed by atoms with Crippen LogP contribution in [0.25, 0.3) is 0 Å². The minimum atomic E-state index is -0.602. The molecule has 104 valence electrons. The maximum absolute atomic E-state index is 11.3. The molecule has 1 aromatic heterocycles. The van der Waals surface area contributed by atoms with E-state index in [2.05, 4.69) is 15.0 Å². The number of hydrogen-bond donors (Lipinski definition) is 1. The molecule has 0 atom stereocenters. The Kier molecular flexibility index (Phi) is 3.79. The molecule has 0 unspecified atom stereocenters. The molecule has 0 aliphatic carbocycles. The number of ether oxygens (including phenoxy) is 1. The summed E-state index contributed by atoms with van der Waals surface area (Å²) in [5.41, 5.74) is 7.35. The van der Waals surface area contributed by atoms with Crippen LogP contribution < -0.4 is 5.73 Å². The van der Waals surface area contributed by atoms with E-state index in [1.54, 1.807) is 35.9 Å². The zero-order chi connectivity index (χ0) is 14.7. The Morgan fingerprint density at radius 1 is 1.30 bits per heavy atom. The highest BCUT2D eigenvalue weighted by molar-refractivity contribution is 5.91. The normalized spacial score (nSPS) is 10.3. The van der Waals surface area contributed by atoms with E-state index >= 15 is 0 Å². The van der Waals surface area contributed by atoms with Crippen LogP contribution in [0.5, 0.6) is 0 Å². The lowest BCUT2D eigenvalue weighted by Crippen LogP contribution is -2.13. The van der Waals surface area contributed by atoms with Gasteiger partial charge in [-0.3, -0.25) is 4.79 Å². The van der Waals surface area contributed by atoms with Gasteiger partial charge in [-0.2, -0.15) is 0 Å². The van der Waals surface area contributed by atoms with E-state index in [-0.39, 0.29) is 11.7 Å². The Labute approximate surface area is 115 Å². The highest BCUT2D eigenvalue weighted by Gasteiger charge is 2.13. The third-order valence-electron chi connectivity index (χ3n) is 2.92. The number of carbonyl (C=O) groups is 2. The number of hydrogen-bond acceptors (Lipinski definition) is 5. The summed E-state index contributed by atoms with van der Waals surface area (Å²) in [7, 11) is 1.33. The molecular formula is C13H14N4O3. The average Bonchev–Trinajstić information content (AvgIpc) is 2.80. The van der Waals surface area contributed by atoms with Gasteiger partial charge in [0.1, 0.15) is 0 Å². The molecule has 2 aromatic rings. The zero-order valence-electron chi connectivity index (χ0n) is 11.2. The monoisotopic (exact) mass is 274 g/mol. The van der Waals surface area contributed by atoms with Crippen LogP contribution in [-0.4, -0.2) is 34.0 Å². The van der Waals surface area contributed by atoms with Gasteiger partial charge in [0.15, 0.2) is 5.69 Å². The topological polar surface area (TPSA) is 100 Å². The molecule has 0 aliphatic rings. The number of primary amides is 1. The van der Waals surface area contributed by atoms with Crippen LogP contribution in [0.1, 0.15) is 32.1 Å². The van der Waals surface area contributed by atoms with Gasteiger partial charge in [-0.1, -0.05) is 17.3 Å². The van der Waals surface area contributed by atoms with Crippen molar-refractivity contribution >= 4 is 11.9 Å². The fourth-order valence-electron chi connectivity index (χ4n) is 1.78. The fraction of sp³-hybridized carbons (Fsp3) is 0.231. The molecule has 2 rings (SSSR count). The van der Waals surface area contributed by atoms with E-state index in [1.807, 2.05) is 0 Å². The van der Waals surface area contributed by atoms with Gasteiger partial charge in [-0.15, -0.1) is 5.10 Å². The van der Waals surface area contributed by atoms with Crippen molar-refractivity contribution in [2.75, 3.05) is 7.11 Å². The first-order valence-corrected chi connectivity index (χ1v) is 5.90. The molecule has 1 aromatic carbocycles. The molecule has 0 bridgehead atoms. The summed E-state index contributed by atoms with van der Waals surface area (Å²) in [5, 5.41) is 7.61. The molecule has 0 aliphatic heterocycles. The van der Waals surface area contributed by atoms with E-state index in [0.29, 0.717) is 17.8 Å². The van der Waals surface area contributed by atoms with Crippen LogP contribution in [0.2, 0.25) is 0 Å². The van der Waals surface area contributed by atoms with Crippen molar-refractivity contribution in [3.63, 3.8) is 0 Å². The first-order chi connectivity index (χ1) is 9.52. The Bertz CT molecular complexity index is 646. The summed E-state index contributed by atoms with van der Waals surface area (Å²) in [6.45, 7) is 2.16. The van der Waals surface area contributed by atoms with Gasteiger partial charge in [-0.25, -0.2) is 9.48 Å². The van der Waals surface area contributed by atoms with Crippen molar-refractivity contribution in [2.24, 2.45) is 5.73 Å². The number of methoxy groups -OCH3 is 1. The molecule has 1 heterocycles. The Morgan fingerprint density at radius 3 is 2.45 bits per heavy atom. The van der Waals surface area contributed by atoms with E-state index < -0.39 is 5.91 Å². The Hall–Kier alpha value is -2.70.